The Hall–Kier alpha value is -4.68. The SMILES string of the molecule is Cc1cccn2cc(-c3ccc(C[C@@H](CNC(=O)C(C)(C)N)NC(=O)c4ccc(OC(C)C)c(C#N)c4)cc3)nc12. The Kier molecular flexibility index (Phi) is 8.74. The first-order valence-corrected chi connectivity index (χ1v) is 13.6. The molecule has 0 unspecified atom stereocenters. The number of hydrogen-bond acceptors (Lipinski definition) is 6. The van der Waals surface area contributed by atoms with E-state index in [0.29, 0.717) is 17.7 Å². The van der Waals surface area contributed by atoms with Gasteiger partial charge in [0.2, 0.25) is 5.91 Å². The maximum Gasteiger partial charge on any atom is 0.251 e. The highest BCUT2D eigenvalue weighted by molar-refractivity contribution is 5.95. The predicted molar refractivity (Wildman–Crippen MR) is 159 cm³/mol. The molecule has 0 radical (unpaired) electrons. The molecule has 9 nitrogen and oxygen atoms in total. The molecular weight excluding hydrogens is 516 g/mol. The molecule has 4 aromatic rings. The van der Waals surface area contributed by atoms with E-state index in [1.807, 2.05) is 74.0 Å². The average molecular weight is 553 g/mol. The minimum Gasteiger partial charge on any atom is -0.490 e. The Balaban J connectivity index is 1.53. The van der Waals surface area contributed by atoms with E-state index in [4.69, 9.17) is 15.5 Å². The first-order chi connectivity index (χ1) is 19.4. The van der Waals surface area contributed by atoms with Crippen molar-refractivity contribution in [2.45, 2.75) is 58.7 Å². The van der Waals surface area contributed by atoms with E-state index in [2.05, 4.69) is 16.7 Å². The number of ether oxygens (including phenoxy) is 1. The van der Waals surface area contributed by atoms with E-state index in [9.17, 15) is 14.9 Å². The van der Waals surface area contributed by atoms with Gasteiger partial charge in [-0.3, -0.25) is 9.59 Å². The Morgan fingerprint density at radius 1 is 1.15 bits per heavy atom. The van der Waals surface area contributed by atoms with Crippen molar-refractivity contribution in [3.8, 4) is 23.1 Å². The third kappa shape index (κ3) is 7.29. The number of nitrogens with one attached hydrogen (secondary N) is 2. The van der Waals surface area contributed by atoms with Gasteiger partial charge in [-0.1, -0.05) is 30.3 Å². The number of nitrogens with two attached hydrogens (primary N) is 1. The highest BCUT2D eigenvalue weighted by Gasteiger charge is 2.24. The van der Waals surface area contributed by atoms with Crippen molar-refractivity contribution in [2.75, 3.05) is 6.54 Å². The molecule has 0 saturated heterocycles. The first-order valence-electron chi connectivity index (χ1n) is 13.6. The average Bonchev–Trinajstić information content (AvgIpc) is 3.37. The molecule has 9 heteroatoms. The fourth-order valence-corrected chi connectivity index (χ4v) is 4.39. The number of pyridine rings is 1. The molecule has 2 heterocycles. The standard InChI is InChI=1S/C32H36N6O3/c1-20(2)41-28-13-12-24(16-25(28)17-33)30(39)36-26(18-35-31(40)32(4,5)34)15-22-8-10-23(11-9-22)27-19-38-14-6-7-21(3)29(38)37-27/h6-14,16,19-20,26H,15,18,34H2,1-5H3,(H,35,40)(H,36,39)/t26-/m0/s1. The molecule has 212 valence electrons. The number of hydrogen-bond donors (Lipinski definition) is 3. The van der Waals surface area contributed by atoms with Gasteiger partial charge in [-0.25, -0.2) is 4.98 Å². The molecule has 0 bridgehead atoms. The lowest BCUT2D eigenvalue weighted by molar-refractivity contribution is -0.125. The van der Waals surface area contributed by atoms with Gasteiger partial charge in [0, 0.05) is 30.1 Å². The van der Waals surface area contributed by atoms with Gasteiger partial charge in [-0.15, -0.1) is 0 Å². The summed E-state index contributed by atoms with van der Waals surface area (Å²) in [5, 5.41) is 15.4. The van der Waals surface area contributed by atoms with Crippen LogP contribution in [0.1, 0.15) is 54.7 Å². The Morgan fingerprint density at radius 2 is 1.88 bits per heavy atom. The van der Waals surface area contributed by atoms with Gasteiger partial charge >= 0.3 is 0 Å². The van der Waals surface area contributed by atoms with Gasteiger partial charge in [-0.05, 0) is 76.4 Å². The second-order valence-corrected chi connectivity index (χ2v) is 11.0. The van der Waals surface area contributed by atoms with E-state index < -0.39 is 11.6 Å². The van der Waals surface area contributed by atoms with Gasteiger partial charge in [0.05, 0.1) is 28.9 Å². The van der Waals surface area contributed by atoms with Gasteiger partial charge in [0.25, 0.3) is 5.91 Å². The van der Waals surface area contributed by atoms with Crippen molar-refractivity contribution < 1.29 is 14.3 Å². The fraction of sp³-hybridized carbons (Fsp3) is 0.312. The normalized spacial score (nSPS) is 12.1. The number of rotatable bonds is 10. The molecule has 0 aliphatic heterocycles. The van der Waals surface area contributed by atoms with Crippen molar-refractivity contribution in [2.24, 2.45) is 5.73 Å². The second-order valence-electron chi connectivity index (χ2n) is 11.0. The molecule has 2 amide bonds. The number of aromatic nitrogens is 2. The number of fused-ring (bicyclic) bond motifs is 1. The van der Waals surface area contributed by atoms with Crippen LogP contribution in [-0.2, 0) is 11.2 Å². The Morgan fingerprint density at radius 3 is 2.51 bits per heavy atom. The number of nitrogens with zero attached hydrogens (tertiary/aromatic N) is 3. The van der Waals surface area contributed by atoms with E-state index in [-0.39, 0.29) is 30.0 Å². The van der Waals surface area contributed by atoms with Gasteiger partial charge in [0.1, 0.15) is 17.5 Å². The lowest BCUT2D eigenvalue weighted by atomic mass is 10.0. The molecule has 4 rings (SSSR count). The van der Waals surface area contributed by atoms with Crippen LogP contribution in [0.25, 0.3) is 16.9 Å². The summed E-state index contributed by atoms with van der Waals surface area (Å²) in [6.45, 7) is 9.20. The zero-order valence-corrected chi connectivity index (χ0v) is 24.1. The number of carbonyl (C=O) groups is 2. The summed E-state index contributed by atoms with van der Waals surface area (Å²) < 4.78 is 7.68. The van der Waals surface area contributed by atoms with Crippen molar-refractivity contribution in [3.63, 3.8) is 0 Å². The zero-order chi connectivity index (χ0) is 29.7. The number of amides is 2. The number of aryl methyl sites for hydroxylation is 1. The molecule has 0 aliphatic carbocycles. The third-order valence-corrected chi connectivity index (χ3v) is 6.56. The molecule has 1 atom stereocenters. The molecule has 0 aliphatic rings. The number of carbonyl (C=O) groups excluding carboxylic acids is 2. The quantitative estimate of drug-likeness (QED) is 0.270. The molecule has 4 N–H and O–H groups in total. The summed E-state index contributed by atoms with van der Waals surface area (Å²) >= 11 is 0. The summed E-state index contributed by atoms with van der Waals surface area (Å²) in [6.07, 6.45) is 4.32. The monoisotopic (exact) mass is 552 g/mol. The van der Waals surface area contributed by atoms with Crippen LogP contribution in [0.15, 0.2) is 67.0 Å². The smallest absolute Gasteiger partial charge is 0.251 e. The van der Waals surface area contributed by atoms with E-state index in [1.165, 1.54) is 6.07 Å². The highest BCUT2D eigenvalue weighted by Crippen LogP contribution is 2.23. The highest BCUT2D eigenvalue weighted by atomic mass is 16.5. The third-order valence-electron chi connectivity index (χ3n) is 6.56. The minimum atomic E-state index is -1.06. The summed E-state index contributed by atoms with van der Waals surface area (Å²) in [6, 6.07) is 18.4. The molecule has 0 spiro atoms. The van der Waals surface area contributed by atoms with E-state index in [1.54, 1.807) is 26.0 Å². The van der Waals surface area contributed by atoms with Gasteiger partial charge < -0.3 is 25.5 Å². The summed E-state index contributed by atoms with van der Waals surface area (Å²) in [5.74, 6) is -0.259. The Labute approximate surface area is 240 Å². The molecule has 0 saturated carbocycles. The van der Waals surface area contributed by atoms with E-state index >= 15 is 0 Å². The molecule has 2 aromatic heterocycles. The minimum absolute atomic E-state index is 0.107. The van der Waals surface area contributed by atoms with Crippen LogP contribution in [-0.4, -0.2) is 45.4 Å². The summed E-state index contributed by atoms with van der Waals surface area (Å²) in [4.78, 5) is 30.5. The Bertz CT molecular complexity index is 1590. The molecule has 0 fully saturated rings. The van der Waals surface area contributed by atoms with Crippen molar-refractivity contribution in [3.05, 3.63) is 89.2 Å². The number of nitriles is 1. The lowest BCUT2D eigenvalue weighted by Gasteiger charge is -2.23. The van der Waals surface area contributed by atoms with Crippen molar-refractivity contribution in [1.29, 1.82) is 5.26 Å². The van der Waals surface area contributed by atoms with E-state index in [0.717, 1.165) is 28.0 Å². The molecule has 2 aromatic carbocycles. The number of imidazole rings is 1. The van der Waals surface area contributed by atoms with Crippen LogP contribution >= 0.6 is 0 Å². The van der Waals surface area contributed by atoms with Crippen LogP contribution in [0.4, 0.5) is 0 Å². The maximum absolute atomic E-state index is 13.2. The van der Waals surface area contributed by atoms with Crippen molar-refractivity contribution in [1.82, 2.24) is 20.0 Å². The first kappa shape index (κ1) is 29.3. The molecule has 41 heavy (non-hydrogen) atoms. The largest absolute Gasteiger partial charge is 0.490 e. The van der Waals surface area contributed by atoms with Gasteiger partial charge in [-0.2, -0.15) is 5.26 Å². The summed E-state index contributed by atoms with van der Waals surface area (Å²) in [7, 11) is 0. The zero-order valence-electron chi connectivity index (χ0n) is 24.1. The fourth-order valence-electron chi connectivity index (χ4n) is 4.39. The molecular formula is C32H36N6O3. The number of benzene rings is 2. The topological polar surface area (TPSA) is 135 Å². The van der Waals surface area contributed by atoms with Crippen LogP contribution < -0.4 is 21.1 Å². The second kappa shape index (κ2) is 12.2. The van der Waals surface area contributed by atoms with Crippen LogP contribution in [0.2, 0.25) is 0 Å². The van der Waals surface area contributed by atoms with Gasteiger partial charge in [0.15, 0.2) is 0 Å². The van der Waals surface area contributed by atoms with Crippen LogP contribution in [0.5, 0.6) is 5.75 Å². The van der Waals surface area contributed by atoms with Crippen molar-refractivity contribution >= 4 is 17.5 Å². The summed E-state index contributed by atoms with van der Waals surface area (Å²) in [5.41, 5.74) is 10.3. The lowest BCUT2D eigenvalue weighted by Crippen LogP contribution is -2.53. The maximum atomic E-state index is 13.2. The predicted octanol–water partition coefficient (Wildman–Crippen LogP) is 4.16. The van der Waals surface area contributed by atoms with Crippen LogP contribution in [0, 0.1) is 18.3 Å². The van der Waals surface area contributed by atoms with Crippen LogP contribution in [0.3, 0.4) is 0 Å².